The number of rotatable bonds is 4. The van der Waals surface area contributed by atoms with E-state index in [4.69, 9.17) is 9.84 Å². The second-order valence-electron chi connectivity index (χ2n) is 2.83. The Morgan fingerprint density at radius 2 is 2.23 bits per heavy atom. The summed E-state index contributed by atoms with van der Waals surface area (Å²) >= 11 is 0. The summed E-state index contributed by atoms with van der Waals surface area (Å²) in [6, 6.07) is 5.80. The van der Waals surface area contributed by atoms with Crippen molar-refractivity contribution in [1.82, 2.24) is 0 Å². The number of aliphatic hydroxyl groups is 1. The minimum atomic E-state index is 0.144. The van der Waals surface area contributed by atoms with Crippen molar-refractivity contribution in [2.24, 2.45) is 0 Å². The fraction of sp³-hybridized carbons (Fsp3) is 0.400. The summed E-state index contributed by atoms with van der Waals surface area (Å²) in [6.45, 7) is 2.72. The molecule has 0 aliphatic carbocycles. The second kappa shape index (κ2) is 4.72. The molecule has 1 aromatic rings. The van der Waals surface area contributed by atoms with E-state index in [1.165, 1.54) is 0 Å². The molecule has 0 unspecified atom stereocenters. The van der Waals surface area contributed by atoms with Crippen molar-refractivity contribution in [2.45, 2.75) is 6.92 Å². The van der Waals surface area contributed by atoms with Crippen LogP contribution in [0, 0.1) is 6.92 Å². The normalized spacial score (nSPS) is 9.77. The van der Waals surface area contributed by atoms with Gasteiger partial charge in [-0.3, -0.25) is 0 Å². The number of aliphatic hydroxyl groups excluding tert-OH is 1. The van der Waals surface area contributed by atoms with Crippen molar-refractivity contribution in [3.63, 3.8) is 0 Å². The van der Waals surface area contributed by atoms with Crippen LogP contribution in [0.15, 0.2) is 18.2 Å². The van der Waals surface area contributed by atoms with E-state index >= 15 is 0 Å². The highest BCUT2D eigenvalue weighted by molar-refractivity contribution is 5.53. The first kappa shape index (κ1) is 9.86. The summed E-state index contributed by atoms with van der Waals surface area (Å²) in [5.74, 6) is 0.854. The molecule has 0 spiro atoms. The Morgan fingerprint density at radius 3 is 2.77 bits per heavy atom. The molecule has 0 aliphatic rings. The third kappa shape index (κ3) is 2.63. The highest BCUT2D eigenvalue weighted by Crippen LogP contribution is 2.20. The van der Waals surface area contributed by atoms with E-state index in [0.717, 1.165) is 17.0 Å². The van der Waals surface area contributed by atoms with Crippen LogP contribution in [0.2, 0.25) is 0 Å². The minimum Gasteiger partial charge on any atom is -0.497 e. The molecule has 0 bridgehead atoms. The van der Waals surface area contributed by atoms with Crippen LogP contribution >= 0.6 is 0 Å². The Balaban J connectivity index is 2.73. The van der Waals surface area contributed by atoms with Crippen LogP contribution in [0.3, 0.4) is 0 Å². The first-order valence-electron chi connectivity index (χ1n) is 4.27. The van der Waals surface area contributed by atoms with E-state index in [0.29, 0.717) is 6.54 Å². The zero-order valence-corrected chi connectivity index (χ0v) is 8.00. The lowest BCUT2D eigenvalue weighted by molar-refractivity contribution is 0.311. The van der Waals surface area contributed by atoms with E-state index in [9.17, 15) is 0 Å². The largest absolute Gasteiger partial charge is 0.497 e. The van der Waals surface area contributed by atoms with Crippen molar-refractivity contribution in [2.75, 3.05) is 25.6 Å². The van der Waals surface area contributed by atoms with Crippen molar-refractivity contribution in [1.29, 1.82) is 0 Å². The molecule has 3 heteroatoms. The average Bonchev–Trinajstić information content (AvgIpc) is 2.16. The van der Waals surface area contributed by atoms with Gasteiger partial charge in [-0.15, -0.1) is 0 Å². The first-order valence-corrected chi connectivity index (χ1v) is 4.27. The third-order valence-electron chi connectivity index (χ3n) is 1.86. The summed E-state index contributed by atoms with van der Waals surface area (Å²) in [5.41, 5.74) is 2.16. The van der Waals surface area contributed by atoms with Crippen molar-refractivity contribution >= 4 is 5.69 Å². The van der Waals surface area contributed by atoms with Crippen molar-refractivity contribution in [3.05, 3.63) is 23.8 Å². The number of anilines is 1. The molecule has 0 saturated heterocycles. The molecule has 72 valence electrons. The number of methoxy groups -OCH3 is 1. The Kier molecular flexibility index (Phi) is 3.58. The molecule has 13 heavy (non-hydrogen) atoms. The maximum Gasteiger partial charge on any atom is 0.119 e. The fourth-order valence-corrected chi connectivity index (χ4v) is 1.15. The van der Waals surface area contributed by atoms with Crippen LogP contribution < -0.4 is 10.1 Å². The van der Waals surface area contributed by atoms with Gasteiger partial charge in [-0.1, -0.05) is 0 Å². The summed E-state index contributed by atoms with van der Waals surface area (Å²) in [4.78, 5) is 0. The Hall–Kier alpha value is -1.22. The van der Waals surface area contributed by atoms with Crippen LogP contribution in [0.5, 0.6) is 5.75 Å². The zero-order chi connectivity index (χ0) is 9.68. The lowest BCUT2D eigenvalue weighted by Crippen LogP contribution is -2.06. The quantitative estimate of drug-likeness (QED) is 0.738. The highest BCUT2D eigenvalue weighted by atomic mass is 16.5. The summed E-state index contributed by atoms with van der Waals surface area (Å²) < 4.78 is 5.08. The van der Waals surface area contributed by atoms with Gasteiger partial charge in [0.2, 0.25) is 0 Å². The molecule has 0 heterocycles. The number of hydrogen-bond donors (Lipinski definition) is 2. The SMILES string of the molecule is COc1ccc(NCCO)c(C)c1. The molecule has 0 saturated carbocycles. The second-order valence-corrected chi connectivity index (χ2v) is 2.83. The van der Waals surface area contributed by atoms with Gasteiger partial charge in [0.05, 0.1) is 13.7 Å². The van der Waals surface area contributed by atoms with Gasteiger partial charge in [0.1, 0.15) is 5.75 Å². The summed E-state index contributed by atoms with van der Waals surface area (Å²) in [5, 5.41) is 11.7. The Bertz CT molecular complexity index is 274. The van der Waals surface area contributed by atoms with E-state index in [2.05, 4.69) is 5.32 Å². The first-order chi connectivity index (χ1) is 6.27. The number of nitrogens with one attached hydrogen (secondary N) is 1. The molecule has 0 amide bonds. The number of aryl methyl sites for hydroxylation is 1. The van der Waals surface area contributed by atoms with E-state index in [1.807, 2.05) is 25.1 Å². The standard InChI is InChI=1S/C10H15NO2/c1-8-7-9(13-2)3-4-10(8)11-5-6-12/h3-4,7,11-12H,5-6H2,1-2H3. The molecule has 0 aliphatic heterocycles. The zero-order valence-electron chi connectivity index (χ0n) is 8.00. The van der Waals surface area contributed by atoms with Crippen LogP contribution in [-0.2, 0) is 0 Å². The van der Waals surface area contributed by atoms with Gasteiger partial charge in [0.25, 0.3) is 0 Å². The molecular weight excluding hydrogens is 166 g/mol. The molecule has 1 aromatic carbocycles. The van der Waals surface area contributed by atoms with Gasteiger partial charge in [0, 0.05) is 12.2 Å². The van der Waals surface area contributed by atoms with Gasteiger partial charge in [0.15, 0.2) is 0 Å². The topological polar surface area (TPSA) is 41.5 Å². The maximum absolute atomic E-state index is 8.63. The minimum absolute atomic E-state index is 0.144. The number of ether oxygens (including phenoxy) is 1. The lowest BCUT2D eigenvalue weighted by atomic mass is 10.2. The predicted molar refractivity (Wildman–Crippen MR) is 53.3 cm³/mol. The smallest absolute Gasteiger partial charge is 0.119 e. The fourth-order valence-electron chi connectivity index (χ4n) is 1.15. The molecular formula is C10H15NO2. The van der Waals surface area contributed by atoms with Gasteiger partial charge in [-0.2, -0.15) is 0 Å². The molecule has 1 rings (SSSR count). The molecule has 0 radical (unpaired) electrons. The van der Waals surface area contributed by atoms with Crippen LogP contribution in [0.25, 0.3) is 0 Å². The molecule has 0 fully saturated rings. The van der Waals surface area contributed by atoms with Crippen molar-refractivity contribution < 1.29 is 9.84 Å². The van der Waals surface area contributed by atoms with Crippen LogP contribution in [0.1, 0.15) is 5.56 Å². The highest BCUT2D eigenvalue weighted by Gasteiger charge is 1.98. The van der Waals surface area contributed by atoms with Gasteiger partial charge in [-0.05, 0) is 30.7 Å². The van der Waals surface area contributed by atoms with Crippen LogP contribution in [0.4, 0.5) is 5.69 Å². The average molecular weight is 181 g/mol. The van der Waals surface area contributed by atoms with Gasteiger partial charge < -0.3 is 15.2 Å². The Morgan fingerprint density at radius 1 is 1.46 bits per heavy atom. The van der Waals surface area contributed by atoms with Crippen molar-refractivity contribution in [3.8, 4) is 5.75 Å². The van der Waals surface area contributed by atoms with E-state index in [-0.39, 0.29) is 6.61 Å². The summed E-state index contributed by atoms with van der Waals surface area (Å²) in [7, 11) is 1.65. The van der Waals surface area contributed by atoms with Gasteiger partial charge in [-0.25, -0.2) is 0 Å². The van der Waals surface area contributed by atoms with E-state index < -0.39 is 0 Å². The molecule has 3 nitrogen and oxygen atoms in total. The maximum atomic E-state index is 8.63. The lowest BCUT2D eigenvalue weighted by Gasteiger charge is -2.09. The number of hydrogen-bond acceptors (Lipinski definition) is 3. The predicted octanol–water partition coefficient (Wildman–Crippen LogP) is 1.41. The van der Waals surface area contributed by atoms with E-state index in [1.54, 1.807) is 7.11 Å². The molecule has 0 atom stereocenters. The third-order valence-corrected chi connectivity index (χ3v) is 1.86. The van der Waals surface area contributed by atoms with Crippen LogP contribution in [-0.4, -0.2) is 25.4 Å². The Labute approximate surface area is 78.3 Å². The number of benzene rings is 1. The summed E-state index contributed by atoms with van der Waals surface area (Å²) in [6.07, 6.45) is 0. The molecule has 0 aromatic heterocycles. The molecule has 2 N–H and O–H groups in total. The van der Waals surface area contributed by atoms with Gasteiger partial charge >= 0.3 is 0 Å². The monoisotopic (exact) mass is 181 g/mol.